The summed E-state index contributed by atoms with van der Waals surface area (Å²) >= 11 is 1.59. The van der Waals surface area contributed by atoms with Gasteiger partial charge in [-0.2, -0.15) is 0 Å². The van der Waals surface area contributed by atoms with Crippen molar-refractivity contribution in [3.05, 3.63) is 48.3 Å². The van der Waals surface area contributed by atoms with Gasteiger partial charge in [0, 0.05) is 32.0 Å². The molecule has 1 aliphatic heterocycles. The normalized spacial score (nSPS) is 15.8. The Balaban J connectivity index is 1.42. The third-order valence-corrected chi connectivity index (χ3v) is 5.28. The van der Waals surface area contributed by atoms with Crippen LogP contribution in [0.1, 0.15) is 12.8 Å². The second kappa shape index (κ2) is 6.28. The first kappa shape index (κ1) is 15.2. The van der Waals surface area contributed by atoms with Gasteiger partial charge in [-0.15, -0.1) is 0 Å². The number of piperidine rings is 1. The maximum atomic E-state index is 13.2. The summed E-state index contributed by atoms with van der Waals surface area (Å²) in [5, 5.41) is 10.8. The number of thiazole rings is 1. The molecule has 0 amide bonds. The smallest absolute Gasteiger partial charge is 0.186 e. The fraction of sp³-hybridized carbons (Fsp3) is 0.278. The number of benzene rings is 2. The summed E-state index contributed by atoms with van der Waals surface area (Å²) in [5.41, 5.74) is 0.663. The minimum atomic E-state index is -0.279. The molecule has 3 aromatic rings. The molecule has 24 heavy (non-hydrogen) atoms. The number of rotatable bonds is 3. The van der Waals surface area contributed by atoms with Crippen LogP contribution in [0.25, 0.3) is 10.2 Å². The fourth-order valence-corrected chi connectivity index (χ4v) is 3.99. The average Bonchev–Trinajstić information content (AvgIpc) is 3.01. The van der Waals surface area contributed by atoms with Crippen molar-refractivity contribution in [1.29, 1.82) is 0 Å². The number of aromatic nitrogens is 1. The number of anilines is 1. The number of aromatic hydroxyl groups is 1. The molecule has 1 saturated heterocycles. The number of fused-ring (bicyclic) bond motifs is 1. The Hall–Kier alpha value is -2.34. The van der Waals surface area contributed by atoms with Crippen LogP contribution in [-0.4, -0.2) is 29.3 Å². The zero-order valence-corrected chi connectivity index (χ0v) is 13.8. The van der Waals surface area contributed by atoms with Crippen LogP contribution in [-0.2, 0) is 0 Å². The summed E-state index contributed by atoms with van der Waals surface area (Å²) in [6.07, 6.45) is 1.81. The number of nitrogens with zero attached hydrogens (tertiary/aromatic N) is 2. The standard InChI is InChI=1S/C18H17FN2O2S/c19-12-3-1-4-14(11-12)23-13-7-9-21(10-8-13)18-20-17-15(22)5-2-6-16(17)24-18/h1-6,11,13,22H,7-10H2. The molecule has 1 aliphatic rings. The first-order valence-corrected chi connectivity index (χ1v) is 8.76. The Bertz CT molecular complexity index is 859. The van der Waals surface area contributed by atoms with Crippen LogP contribution in [0.2, 0.25) is 0 Å². The van der Waals surface area contributed by atoms with E-state index in [9.17, 15) is 9.50 Å². The zero-order valence-electron chi connectivity index (χ0n) is 13.0. The van der Waals surface area contributed by atoms with Crippen molar-refractivity contribution in [2.75, 3.05) is 18.0 Å². The lowest BCUT2D eigenvalue weighted by Crippen LogP contribution is -2.38. The van der Waals surface area contributed by atoms with Gasteiger partial charge in [-0.05, 0) is 24.3 Å². The van der Waals surface area contributed by atoms with Crippen molar-refractivity contribution in [2.45, 2.75) is 18.9 Å². The van der Waals surface area contributed by atoms with E-state index in [1.807, 2.05) is 12.1 Å². The van der Waals surface area contributed by atoms with Crippen molar-refractivity contribution in [2.24, 2.45) is 0 Å². The highest BCUT2D eigenvalue weighted by Crippen LogP contribution is 2.34. The second-order valence-electron chi connectivity index (χ2n) is 5.88. The van der Waals surface area contributed by atoms with Crippen LogP contribution >= 0.6 is 11.3 Å². The fourth-order valence-electron chi connectivity index (χ4n) is 2.96. The molecule has 0 saturated carbocycles. The van der Waals surface area contributed by atoms with Gasteiger partial charge in [0.05, 0.1) is 4.70 Å². The molecule has 6 heteroatoms. The third-order valence-electron chi connectivity index (χ3n) is 4.20. The third kappa shape index (κ3) is 3.01. The van der Waals surface area contributed by atoms with Crippen molar-refractivity contribution < 1.29 is 14.2 Å². The van der Waals surface area contributed by atoms with E-state index in [4.69, 9.17) is 4.74 Å². The Labute approximate surface area is 143 Å². The largest absolute Gasteiger partial charge is 0.506 e. The number of phenols is 1. The van der Waals surface area contributed by atoms with Crippen LogP contribution in [0.4, 0.5) is 9.52 Å². The Morgan fingerprint density at radius 1 is 1.17 bits per heavy atom. The van der Waals surface area contributed by atoms with Gasteiger partial charge in [0.1, 0.15) is 28.9 Å². The van der Waals surface area contributed by atoms with Crippen LogP contribution in [0.15, 0.2) is 42.5 Å². The molecule has 0 atom stereocenters. The van der Waals surface area contributed by atoms with E-state index in [-0.39, 0.29) is 17.7 Å². The van der Waals surface area contributed by atoms with Gasteiger partial charge in [-0.25, -0.2) is 9.37 Å². The molecule has 2 heterocycles. The average molecular weight is 344 g/mol. The molecule has 4 nitrogen and oxygen atoms in total. The molecular formula is C18H17FN2O2S. The highest BCUT2D eigenvalue weighted by Gasteiger charge is 2.23. The van der Waals surface area contributed by atoms with E-state index < -0.39 is 0 Å². The van der Waals surface area contributed by atoms with E-state index >= 15 is 0 Å². The Kier molecular flexibility index (Phi) is 3.98. The molecule has 0 aliphatic carbocycles. The van der Waals surface area contributed by atoms with Gasteiger partial charge in [0.15, 0.2) is 5.13 Å². The van der Waals surface area contributed by atoms with Gasteiger partial charge in [0.2, 0.25) is 0 Å². The lowest BCUT2D eigenvalue weighted by Gasteiger charge is -2.31. The van der Waals surface area contributed by atoms with Crippen molar-refractivity contribution in [3.8, 4) is 11.5 Å². The predicted octanol–water partition coefficient (Wildman–Crippen LogP) is 4.19. The zero-order chi connectivity index (χ0) is 16.5. The number of para-hydroxylation sites is 1. The number of ether oxygens (including phenoxy) is 1. The molecule has 1 N–H and O–H groups in total. The number of phenolic OH excluding ortho intramolecular Hbond substituents is 1. The molecular weight excluding hydrogens is 327 g/mol. The van der Waals surface area contributed by atoms with Crippen molar-refractivity contribution >= 4 is 26.7 Å². The van der Waals surface area contributed by atoms with E-state index in [0.717, 1.165) is 35.8 Å². The highest BCUT2D eigenvalue weighted by molar-refractivity contribution is 7.22. The van der Waals surface area contributed by atoms with Gasteiger partial charge in [-0.3, -0.25) is 0 Å². The monoisotopic (exact) mass is 344 g/mol. The van der Waals surface area contributed by atoms with Crippen molar-refractivity contribution in [3.63, 3.8) is 0 Å². The summed E-state index contributed by atoms with van der Waals surface area (Å²) in [6.45, 7) is 1.67. The van der Waals surface area contributed by atoms with Crippen LogP contribution in [0.3, 0.4) is 0 Å². The minimum absolute atomic E-state index is 0.0887. The maximum absolute atomic E-state index is 13.2. The van der Waals surface area contributed by atoms with E-state index in [0.29, 0.717) is 11.3 Å². The van der Waals surface area contributed by atoms with Crippen LogP contribution in [0.5, 0.6) is 11.5 Å². The maximum Gasteiger partial charge on any atom is 0.186 e. The summed E-state index contributed by atoms with van der Waals surface area (Å²) in [4.78, 5) is 6.78. The highest BCUT2D eigenvalue weighted by atomic mass is 32.1. The summed E-state index contributed by atoms with van der Waals surface area (Å²) in [5.74, 6) is 0.525. The molecule has 0 unspecified atom stereocenters. The second-order valence-corrected chi connectivity index (χ2v) is 6.89. The van der Waals surface area contributed by atoms with E-state index in [1.54, 1.807) is 29.5 Å². The van der Waals surface area contributed by atoms with E-state index in [1.165, 1.54) is 12.1 Å². The van der Waals surface area contributed by atoms with Crippen LogP contribution < -0.4 is 9.64 Å². The summed E-state index contributed by atoms with van der Waals surface area (Å²) in [7, 11) is 0. The molecule has 0 radical (unpaired) electrons. The van der Waals surface area contributed by atoms with Gasteiger partial charge in [-0.1, -0.05) is 23.5 Å². The molecule has 0 spiro atoms. The molecule has 124 valence electrons. The predicted molar refractivity (Wildman–Crippen MR) is 93.5 cm³/mol. The van der Waals surface area contributed by atoms with Gasteiger partial charge in [0.25, 0.3) is 0 Å². The first-order valence-electron chi connectivity index (χ1n) is 7.95. The summed E-state index contributed by atoms with van der Waals surface area (Å²) < 4.78 is 20.1. The molecule has 2 aromatic carbocycles. The Morgan fingerprint density at radius 3 is 2.71 bits per heavy atom. The topological polar surface area (TPSA) is 45.6 Å². The summed E-state index contributed by atoms with van der Waals surface area (Å²) in [6, 6.07) is 11.7. The van der Waals surface area contributed by atoms with Crippen LogP contribution in [0, 0.1) is 5.82 Å². The number of hydrogen-bond acceptors (Lipinski definition) is 5. The quantitative estimate of drug-likeness (QED) is 0.774. The number of halogens is 1. The molecule has 1 aromatic heterocycles. The molecule has 0 bridgehead atoms. The minimum Gasteiger partial charge on any atom is -0.506 e. The van der Waals surface area contributed by atoms with Gasteiger partial charge < -0.3 is 14.7 Å². The molecule has 4 rings (SSSR count). The SMILES string of the molecule is Oc1cccc2sc(N3CCC(Oc4cccc(F)c4)CC3)nc12. The van der Waals surface area contributed by atoms with Crippen molar-refractivity contribution in [1.82, 2.24) is 4.98 Å². The first-order chi connectivity index (χ1) is 11.7. The Morgan fingerprint density at radius 2 is 1.96 bits per heavy atom. The lowest BCUT2D eigenvalue weighted by atomic mass is 10.1. The van der Waals surface area contributed by atoms with Gasteiger partial charge >= 0.3 is 0 Å². The molecule has 1 fully saturated rings. The number of hydrogen-bond donors (Lipinski definition) is 1. The lowest BCUT2D eigenvalue weighted by molar-refractivity contribution is 0.170. The van der Waals surface area contributed by atoms with E-state index in [2.05, 4.69) is 9.88 Å².